The van der Waals surface area contributed by atoms with Gasteiger partial charge in [-0.05, 0) is 42.7 Å². The van der Waals surface area contributed by atoms with Crippen molar-refractivity contribution in [1.29, 1.82) is 0 Å². The molecule has 3 rings (SSSR count). The number of halogens is 1. The number of hydrogen-bond acceptors (Lipinski definition) is 8. The molecule has 1 aromatic carbocycles. The molecule has 1 N–H and O–H groups in total. The van der Waals surface area contributed by atoms with Crippen molar-refractivity contribution in [2.75, 3.05) is 33.3 Å². The number of rotatable bonds is 13. The number of carbonyl (C=O) groups excluding carboxylic acids is 2. The zero-order chi connectivity index (χ0) is 28.5. The Kier molecular flexibility index (Phi) is 10.2. The van der Waals surface area contributed by atoms with Crippen molar-refractivity contribution in [3.05, 3.63) is 64.5 Å². The second-order valence-electron chi connectivity index (χ2n) is 8.27. The van der Waals surface area contributed by atoms with Gasteiger partial charge in [0.05, 0.1) is 50.0 Å². The van der Waals surface area contributed by atoms with Gasteiger partial charge in [0.1, 0.15) is 23.0 Å². The molecule has 2 heterocycles. The van der Waals surface area contributed by atoms with Crippen molar-refractivity contribution >= 4 is 41.5 Å². The van der Waals surface area contributed by atoms with Gasteiger partial charge < -0.3 is 24.3 Å². The molecule has 0 aliphatic heterocycles. The number of benzene rings is 1. The van der Waals surface area contributed by atoms with Gasteiger partial charge in [0, 0.05) is 30.5 Å². The van der Waals surface area contributed by atoms with E-state index in [0.29, 0.717) is 65.7 Å². The number of nitrogens with one attached hydrogen (secondary N) is 1. The Morgan fingerprint density at radius 1 is 1.18 bits per heavy atom. The minimum Gasteiger partial charge on any atom is -0.496 e. The van der Waals surface area contributed by atoms with Crippen LogP contribution in [0.1, 0.15) is 29.2 Å². The largest absolute Gasteiger partial charge is 0.496 e. The fourth-order valence-corrected chi connectivity index (χ4v) is 4.41. The van der Waals surface area contributed by atoms with Crippen LogP contribution in [0.25, 0.3) is 23.2 Å². The molecule has 1 amide bonds. The molecule has 0 unspecified atom stereocenters. The van der Waals surface area contributed by atoms with Crippen LogP contribution in [0.4, 0.5) is 5.69 Å². The van der Waals surface area contributed by atoms with Crippen LogP contribution in [-0.2, 0) is 32.0 Å². The average Bonchev–Trinajstić information content (AvgIpc) is 3.33. The van der Waals surface area contributed by atoms with Gasteiger partial charge in [0.15, 0.2) is 0 Å². The van der Waals surface area contributed by atoms with Crippen LogP contribution in [0.2, 0.25) is 5.02 Å². The SMILES string of the molecule is C=CC(=O)Nc1cnn(CCOC)c1-c1cc(C)c(/C=C(\OC=O)c2c(Cl)c(OC)cc(OC)c2CC)cn1. The van der Waals surface area contributed by atoms with E-state index in [1.165, 1.54) is 13.2 Å². The van der Waals surface area contributed by atoms with E-state index in [1.807, 2.05) is 19.9 Å². The fraction of sp³-hybridized carbons (Fsp3) is 0.286. The van der Waals surface area contributed by atoms with Gasteiger partial charge in [-0.2, -0.15) is 5.10 Å². The molecule has 0 fully saturated rings. The molecule has 11 heteroatoms. The van der Waals surface area contributed by atoms with Crippen LogP contribution in [0.5, 0.6) is 11.5 Å². The van der Waals surface area contributed by atoms with Gasteiger partial charge >= 0.3 is 0 Å². The molecule has 0 aliphatic rings. The van der Waals surface area contributed by atoms with Gasteiger partial charge in [0.25, 0.3) is 6.47 Å². The van der Waals surface area contributed by atoms with Crippen molar-refractivity contribution < 1.29 is 28.5 Å². The van der Waals surface area contributed by atoms with Gasteiger partial charge in [-0.1, -0.05) is 25.1 Å². The first kappa shape index (κ1) is 29.4. The lowest BCUT2D eigenvalue weighted by molar-refractivity contribution is -0.122. The summed E-state index contributed by atoms with van der Waals surface area (Å²) in [6, 6.07) is 3.54. The predicted molar refractivity (Wildman–Crippen MR) is 150 cm³/mol. The van der Waals surface area contributed by atoms with E-state index < -0.39 is 0 Å². The Balaban J connectivity index is 2.16. The van der Waals surface area contributed by atoms with E-state index in [2.05, 4.69) is 22.0 Å². The van der Waals surface area contributed by atoms with Gasteiger partial charge in [0.2, 0.25) is 5.91 Å². The van der Waals surface area contributed by atoms with Crippen molar-refractivity contribution in [3.8, 4) is 22.9 Å². The zero-order valence-corrected chi connectivity index (χ0v) is 23.3. The molecule has 0 atom stereocenters. The summed E-state index contributed by atoms with van der Waals surface area (Å²) in [5.41, 5.74) is 4.40. The van der Waals surface area contributed by atoms with Gasteiger partial charge in [-0.15, -0.1) is 0 Å². The lowest BCUT2D eigenvalue weighted by atomic mass is 9.99. The van der Waals surface area contributed by atoms with Crippen LogP contribution in [0.3, 0.4) is 0 Å². The lowest BCUT2D eigenvalue weighted by Gasteiger charge is -2.18. The van der Waals surface area contributed by atoms with Gasteiger partial charge in [-0.25, -0.2) is 0 Å². The smallest absolute Gasteiger partial charge is 0.298 e. The summed E-state index contributed by atoms with van der Waals surface area (Å²) in [4.78, 5) is 28.2. The molecule has 0 saturated carbocycles. The number of pyridine rings is 1. The van der Waals surface area contributed by atoms with Crippen molar-refractivity contribution in [2.24, 2.45) is 0 Å². The Labute approximate surface area is 232 Å². The zero-order valence-electron chi connectivity index (χ0n) is 22.5. The molecule has 39 heavy (non-hydrogen) atoms. The summed E-state index contributed by atoms with van der Waals surface area (Å²) in [5.74, 6) is 0.778. The predicted octanol–water partition coefficient (Wildman–Crippen LogP) is 4.93. The first-order valence-electron chi connectivity index (χ1n) is 12.0. The number of carbonyl (C=O) groups is 2. The molecule has 0 spiro atoms. The third kappa shape index (κ3) is 6.47. The lowest BCUT2D eigenvalue weighted by Crippen LogP contribution is -2.11. The Bertz CT molecular complexity index is 1400. The molecule has 2 aromatic heterocycles. The number of methoxy groups -OCH3 is 3. The summed E-state index contributed by atoms with van der Waals surface area (Å²) in [7, 11) is 4.64. The highest BCUT2D eigenvalue weighted by Gasteiger charge is 2.22. The maximum absolute atomic E-state index is 12.0. The number of aromatic nitrogens is 3. The first-order valence-corrected chi connectivity index (χ1v) is 12.4. The molecule has 10 nitrogen and oxygen atoms in total. The summed E-state index contributed by atoms with van der Waals surface area (Å²) in [6.07, 6.45) is 6.62. The van der Waals surface area contributed by atoms with E-state index in [9.17, 15) is 9.59 Å². The number of nitrogens with zero attached hydrogens (tertiary/aromatic N) is 3. The first-order chi connectivity index (χ1) is 18.8. The number of hydrogen-bond donors (Lipinski definition) is 1. The van der Waals surface area contributed by atoms with Crippen molar-refractivity contribution in [3.63, 3.8) is 0 Å². The van der Waals surface area contributed by atoms with Crippen molar-refractivity contribution in [1.82, 2.24) is 14.8 Å². The molecule has 0 bridgehead atoms. The monoisotopic (exact) mass is 554 g/mol. The highest BCUT2D eigenvalue weighted by molar-refractivity contribution is 6.34. The maximum Gasteiger partial charge on any atom is 0.298 e. The van der Waals surface area contributed by atoms with Gasteiger partial charge in [-0.3, -0.25) is 19.3 Å². The second-order valence-corrected chi connectivity index (χ2v) is 8.65. The topological polar surface area (TPSA) is 114 Å². The Hall–Kier alpha value is -4.15. The summed E-state index contributed by atoms with van der Waals surface area (Å²) >= 11 is 6.69. The molecule has 206 valence electrons. The van der Waals surface area contributed by atoms with Crippen LogP contribution in [0.15, 0.2) is 37.2 Å². The maximum atomic E-state index is 12.0. The van der Waals surface area contributed by atoms with Crippen molar-refractivity contribution in [2.45, 2.75) is 26.8 Å². The number of aryl methyl sites for hydroxylation is 1. The standard InChI is InChI=1S/C28H31ClN4O6/c1-7-19-22(37-5)13-24(38-6)27(29)26(19)23(39-16-34)12-18-14-30-20(11-17(18)3)28-21(32-25(35)8-2)15-31-33(28)9-10-36-4/h8,11-16H,2,7,9-10H2,1,3-6H3,(H,32,35)/b23-12-. The van der Waals surface area contributed by atoms with E-state index in [1.54, 1.807) is 43.4 Å². The molecule has 3 aromatic rings. The number of amides is 1. The fourth-order valence-electron chi connectivity index (χ4n) is 4.07. The highest BCUT2D eigenvalue weighted by Crippen LogP contribution is 2.42. The summed E-state index contributed by atoms with van der Waals surface area (Å²) in [5, 5.41) is 7.44. The Morgan fingerprint density at radius 3 is 2.51 bits per heavy atom. The average molecular weight is 555 g/mol. The normalized spacial score (nSPS) is 11.2. The van der Waals surface area contributed by atoms with Crippen LogP contribution in [0, 0.1) is 6.92 Å². The quantitative estimate of drug-likeness (QED) is 0.180. The summed E-state index contributed by atoms with van der Waals surface area (Å²) < 4.78 is 23.3. The van der Waals surface area contributed by atoms with Crippen LogP contribution >= 0.6 is 11.6 Å². The van der Waals surface area contributed by atoms with E-state index in [-0.39, 0.29) is 16.7 Å². The highest BCUT2D eigenvalue weighted by atomic mass is 35.5. The molecule has 0 radical (unpaired) electrons. The van der Waals surface area contributed by atoms with Crippen LogP contribution in [-0.4, -0.2) is 55.1 Å². The number of ether oxygens (including phenoxy) is 4. The van der Waals surface area contributed by atoms with E-state index in [0.717, 1.165) is 11.1 Å². The minimum atomic E-state index is -0.369. The molecular weight excluding hydrogens is 524 g/mol. The molecule has 0 aliphatic carbocycles. The minimum absolute atomic E-state index is 0.214. The second kappa shape index (κ2) is 13.6. The number of anilines is 1. The van der Waals surface area contributed by atoms with E-state index in [4.69, 9.17) is 30.5 Å². The Morgan fingerprint density at radius 2 is 1.92 bits per heavy atom. The molecule has 0 saturated heterocycles. The summed E-state index contributed by atoms with van der Waals surface area (Å²) in [6.45, 7) is 8.55. The van der Waals surface area contributed by atoms with E-state index >= 15 is 0 Å². The molecular formula is C28H31ClN4O6. The third-order valence-electron chi connectivity index (χ3n) is 5.98. The third-order valence-corrected chi connectivity index (χ3v) is 6.36. The van der Waals surface area contributed by atoms with Crippen LogP contribution < -0.4 is 14.8 Å².